The van der Waals surface area contributed by atoms with Crippen molar-refractivity contribution < 1.29 is 43.0 Å². The van der Waals surface area contributed by atoms with Crippen LogP contribution in [-0.2, 0) is 50.1 Å². The quantitative estimate of drug-likeness (QED) is 0.484. The number of hydrogen-bond donors (Lipinski definition) is 0. The maximum absolute atomic E-state index is 11.0. The van der Waals surface area contributed by atoms with Crippen molar-refractivity contribution in [3.63, 3.8) is 0 Å². The maximum Gasteiger partial charge on any atom is 2.00 e. The zero-order chi connectivity index (χ0) is 20.4. The summed E-state index contributed by atoms with van der Waals surface area (Å²) in [6.07, 6.45) is 4.24. The van der Waals surface area contributed by atoms with Gasteiger partial charge in [0, 0.05) is 0 Å². The summed E-state index contributed by atoms with van der Waals surface area (Å²) < 4.78 is 66.0. The number of rotatable bonds is 2. The summed E-state index contributed by atoms with van der Waals surface area (Å²) >= 11 is 0. The first-order valence-corrected chi connectivity index (χ1v) is 12.2. The zero-order valence-electron chi connectivity index (χ0n) is 15.6. The molecule has 0 fully saturated rings. The van der Waals surface area contributed by atoms with Crippen LogP contribution in [0.4, 0.5) is 0 Å². The van der Waals surface area contributed by atoms with E-state index in [1.54, 1.807) is 24.3 Å². The number of benzene rings is 2. The summed E-state index contributed by atoms with van der Waals surface area (Å²) in [5.41, 5.74) is 3.41. The Kier molecular flexibility index (Phi) is 8.07. The van der Waals surface area contributed by atoms with Gasteiger partial charge in [-0.1, -0.05) is 48.5 Å². The molecule has 2 aliphatic carbocycles. The summed E-state index contributed by atoms with van der Waals surface area (Å²) in [6.45, 7) is 0. The molecule has 2 atom stereocenters. The van der Waals surface area contributed by atoms with Crippen LogP contribution in [0.5, 0.6) is 0 Å². The van der Waals surface area contributed by atoms with Gasteiger partial charge in [-0.3, -0.25) is 0 Å². The SMILES string of the molecule is O=S(=O)([O-])C1CCCc2ccccc21.O=S(=O)([O-])C1CCCc2ccccc21.[Fe+2]. The molecule has 0 amide bonds. The van der Waals surface area contributed by atoms with Gasteiger partial charge in [0.05, 0.1) is 10.5 Å². The van der Waals surface area contributed by atoms with E-state index in [9.17, 15) is 25.9 Å². The van der Waals surface area contributed by atoms with Gasteiger partial charge in [0.15, 0.2) is 0 Å². The van der Waals surface area contributed by atoms with Gasteiger partial charge in [0.1, 0.15) is 20.2 Å². The molecular formula is C20H22FeO6S2. The molecule has 0 saturated carbocycles. The Labute approximate surface area is 182 Å². The van der Waals surface area contributed by atoms with E-state index in [0.717, 1.165) is 36.8 Å². The fourth-order valence-corrected chi connectivity index (χ4v) is 6.01. The van der Waals surface area contributed by atoms with Crippen molar-refractivity contribution in [3.8, 4) is 0 Å². The maximum atomic E-state index is 11.0. The molecule has 4 rings (SSSR count). The third-order valence-corrected chi connectivity index (χ3v) is 7.70. The first kappa shape index (κ1) is 24.1. The number of aryl methyl sites for hydroxylation is 2. The second kappa shape index (κ2) is 9.72. The molecular weight excluding hydrogens is 456 g/mol. The van der Waals surface area contributed by atoms with E-state index in [-0.39, 0.29) is 17.1 Å². The van der Waals surface area contributed by atoms with E-state index in [0.29, 0.717) is 24.0 Å². The summed E-state index contributed by atoms with van der Waals surface area (Å²) in [6, 6.07) is 14.6. The molecule has 9 heteroatoms. The van der Waals surface area contributed by atoms with E-state index in [2.05, 4.69) is 0 Å². The topological polar surface area (TPSA) is 114 Å². The molecule has 6 nitrogen and oxygen atoms in total. The van der Waals surface area contributed by atoms with Crippen LogP contribution in [0.1, 0.15) is 58.4 Å². The molecule has 0 aromatic heterocycles. The van der Waals surface area contributed by atoms with Gasteiger partial charge in [0.2, 0.25) is 0 Å². The van der Waals surface area contributed by atoms with Gasteiger partial charge in [0.25, 0.3) is 0 Å². The predicted octanol–water partition coefficient (Wildman–Crippen LogP) is 3.22. The molecule has 0 bridgehead atoms. The van der Waals surface area contributed by atoms with Crippen molar-refractivity contribution in [2.45, 2.75) is 49.0 Å². The van der Waals surface area contributed by atoms with Crippen molar-refractivity contribution in [3.05, 3.63) is 70.8 Å². The molecule has 29 heavy (non-hydrogen) atoms. The van der Waals surface area contributed by atoms with Crippen LogP contribution in [0, 0.1) is 0 Å². The van der Waals surface area contributed by atoms with Crippen LogP contribution >= 0.6 is 0 Å². The normalized spacial score (nSPS) is 20.9. The molecule has 2 unspecified atom stereocenters. The molecule has 0 spiro atoms. The molecule has 2 aromatic carbocycles. The molecule has 158 valence electrons. The first-order valence-electron chi connectivity index (χ1n) is 9.23. The van der Waals surface area contributed by atoms with Crippen LogP contribution in [0.15, 0.2) is 48.5 Å². The fraction of sp³-hybridized carbons (Fsp3) is 0.400. The standard InChI is InChI=1S/2C10H12O3S.Fe/c2*11-14(12,13)10-7-3-5-8-4-1-2-6-9(8)10;/h2*1-2,4,6,10H,3,5,7H2,(H,11,12,13);/q;;+2/p-2. The van der Waals surface area contributed by atoms with Crippen molar-refractivity contribution >= 4 is 20.2 Å². The van der Waals surface area contributed by atoms with E-state index in [1.165, 1.54) is 0 Å². The monoisotopic (exact) mass is 478 g/mol. The minimum absolute atomic E-state index is 0. The largest absolute Gasteiger partial charge is 2.00 e. The van der Waals surface area contributed by atoms with E-state index in [4.69, 9.17) is 0 Å². The molecule has 0 saturated heterocycles. The van der Waals surface area contributed by atoms with Gasteiger partial charge >= 0.3 is 17.1 Å². The van der Waals surface area contributed by atoms with Gasteiger partial charge in [-0.05, 0) is 60.8 Å². The average Bonchev–Trinajstić information content (AvgIpc) is 2.66. The molecule has 0 N–H and O–H groups in total. The van der Waals surface area contributed by atoms with Crippen LogP contribution < -0.4 is 0 Å². The van der Waals surface area contributed by atoms with Crippen LogP contribution in [0.25, 0.3) is 0 Å². The van der Waals surface area contributed by atoms with Crippen molar-refractivity contribution in [1.82, 2.24) is 0 Å². The van der Waals surface area contributed by atoms with Crippen LogP contribution in [0.2, 0.25) is 0 Å². The third kappa shape index (κ3) is 5.90. The van der Waals surface area contributed by atoms with Crippen LogP contribution in [-0.4, -0.2) is 25.9 Å². The Hall–Kier alpha value is -1.22. The Morgan fingerprint density at radius 3 is 1.34 bits per heavy atom. The minimum atomic E-state index is -4.19. The van der Waals surface area contributed by atoms with Gasteiger partial charge in [-0.2, -0.15) is 0 Å². The van der Waals surface area contributed by atoms with Crippen molar-refractivity contribution in [2.75, 3.05) is 0 Å². The first-order chi connectivity index (χ1) is 13.2. The molecule has 0 radical (unpaired) electrons. The second-order valence-electron chi connectivity index (χ2n) is 7.14. The van der Waals surface area contributed by atoms with E-state index in [1.807, 2.05) is 24.3 Å². The van der Waals surface area contributed by atoms with Gasteiger partial charge in [-0.15, -0.1) is 0 Å². The summed E-state index contributed by atoms with van der Waals surface area (Å²) in [4.78, 5) is 0. The van der Waals surface area contributed by atoms with E-state index >= 15 is 0 Å². The molecule has 2 aromatic rings. The smallest absolute Gasteiger partial charge is 0.747 e. The Bertz CT molecular complexity index is 965. The minimum Gasteiger partial charge on any atom is -0.747 e. The Morgan fingerprint density at radius 2 is 1.00 bits per heavy atom. The Balaban J connectivity index is 0.000000200. The molecule has 0 heterocycles. The number of fused-ring (bicyclic) bond motifs is 2. The second-order valence-corrected chi connectivity index (χ2v) is 10.3. The summed E-state index contributed by atoms with van der Waals surface area (Å²) in [5, 5.41) is -1.65. The fourth-order valence-electron chi connectivity index (χ4n) is 4.02. The average molecular weight is 478 g/mol. The predicted molar refractivity (Wildman–Crippen MR) is 104 cm³/mol. The zero-order valence-corrected chi connectivity index (χ0v) is 18.4. The van der Waals surface area contributed by atoms with Gasteiger partial charge in [-0.25, -0.2) is 16.8 Å². The Morgan fingerprint density at radius 1 is 0.655 bits per heavy atom. The van der Waals surface area contributed by atoms with E-state index < -0.39 is 30.7 Å². The molecule has 0 aliphatic heterocycles. The third-order valence-electron chi connectivity index (χ3n) is 5.33. The summed E-state index contributed by atoms with van der Waals surface area (Å²) in [5.74, 6) is 0. The van der Waals surface area contributed by atoms with Gasteiger partial charge < -0.3 is 9.11 Å². The number of hydrogen-bond acceptors (Lipinski definition) is 6. The van der Waals surface area contributed by atoms with Crippen molar-refractivity contribution in [1.29, 1.82) is 0 Å². The van der Waals surface area contributed by atoms with Crippen LogP contribution in [0.3, 0.4) is 0 Å². The summed E-state index contributed by atoms with van der Waals surface area (Å²) in [7, 11) is -8.38. The molecule has 2 aliphatic rings. The van der Waals surface area contributed by atoms with Crippen molar-refractivity contribution in [2.24, 2.45) is 0 Å².